The maximum Gasteiger partial charge on any atom is 0.293 e. The van der Waals surface area contributed by atoms with E-state index in [2.05, 4.69) is 15.3 Å². The Hall–Kier alpha value is -3.92. The largest absolute Gasteiger partial charge is 0.504 e. The summed E-state index contributed by atoms with van der Waals surface area (Å²) in [6.07, 6.45) is 4.70. The molecule has 0 aliphatic carbocycles. The van der Waals surface area contributed by atoms with Gasteiger partial charge in [0, 0.05) is 23.6 Å². The van der Waals surface area contributed by atoms with Crippen molar-refractivity contribution in [2.75, 3.05) is 12.4 Å². The second-order valence-electron chi connectivity index (χ2n) is 7.75. The first-order valence-electron chi connectivity index (χ1n) is 11.0. The fraction of sp³-hybridized carbons (Fsp3) is 0.240. The molecule has 2 atom stereocenters. The number of hydrogen-bond donors (Lipinski definition) is 2. The maximum atomic E-state index is 12.3. The average molecular weight is 492 g/mol. The molecule has 1 aliphatic heterocycles. The average Bonchev–Trinajstić information content (AvgIpc) is 2.90. The third-order valence-electron chi connectivity index (χ3n) is 5.43. The number of nitrogens with zero attached hydrogens (tertiary/aromatic N) is 4. The highest BCUT2D eigenvalue weighted by atomic mass is 32.2. The van der Waals surface area contributed by atoms with Gasteiger partial charge in [-0.15, -0.1) is 11.8 Å². The minimum atomic E-state index is -0.440. The first kappa shape index (κ1) is 24.2. The standard InChI is InChI=1S/C25H25N5O4S/c1-3-21-23(17-7-10-20(34-2)19(32)13-17)29-30(22(15-31)35-21)14-16-5-8-18(9-6-16)28-25(33)24-26-11-4-12-27-24/h4-13,15,21-22,32H,3,14H2,1-2H3,(H,28,33). The van der Waals surface area contributed by atoms with Gasteiger partial charge in [-0.3, -0.25) is 9.80 Å². The van der Waals surface area contributed by atoms with E-state index in [-0.39, 0.29) is 16.8 Å². The van der Waals surface area contributed by atoms with Crippen molar-refractivity contribution in [3.63, 3.8) is 0 Å². The molecule has 0 fully saturated rings. The van der Waals surface area contributed by atoms with Crippen LogP contribution in [0.1, 0.15) is 35.1 Å². The van der Waals surface area contributed by atoms with Crippen LogP contribution in [0.15, 0.2) is 66.0 Å². The molecule has 2 aromatic carbocycles. The third kappa shape index (κ3) is 5.60. The number of methoxy groups -OCH3 is 1. The molecule has 0 spiro atoms. The van der Waals surface area contributed by atoms with Crippen LogP contribution in [0.4, 0.5) is 5.69 Å². The van der Waals surface area contributed by atoms with E-state index in [4.69, 9.17) is 9.84 Å². The number of carbonyl (C=O) groups excluding carboxylic acids is 2. The first-order chi connectivity index (χ1) is 17.0. The zero-order valence-corrected chi connectivity index (χ0v) is 20.1. The van der Waals surface area contributed by atoms with E-state index < -0.39 is 11.3 Å². The summed E-state index contributed by atoms with van der Waals surface area (Å²) in [4.78, 5) is 32.0. The second kappa shape index (κ2) is 11.0. The highest BCUT2D eigenvalue weighted by Crippen LogP contribution is 2.35. The lowest BCUT2D eigenvalue weighted by Crippen LogP contribution is -2.39. The Morgan fingerprint density at radius 2 is 1.94 bits per heavy atom. The van der Waals surface area contributed by atoms with Crippen molar-refractivity contribution in [1.29, 1.82) is 0 Å². The summed E-state index contributed by atoms with van der Waals surface area (Å²) in [6, 6.07) is 14.1. The molecular formula is C25H25N5O4S. The summed E-state index contributed by atoms with van der Waals surface area (Å²) in [5.41, 5.74) is 3.09. The maximum absolute atomic E-state index is 12.3. The zero-order valence-electron chi connectivity index (χ0n) is 19.3. The number of aromatic nitrogens is 2. The van der Waals surface area contributed by atoms with E-state index in [1.165, 1.54) is 31.3 Å². The SMILES string of the molecule is CCC1SC(C=O)N(Cc2ccc(NC(=O)c3ncccn3)cc2)N=C1c1ccc(OC)c(O)c1. The molecule has 4 rings (SSSR count). The molecule has 2 unspecified atom stereocenters. The number of ether oxygens (including phenoxy) is 1. The lowest BCUT2D eigenvalue weighted by Gasteiger charge is -2.34. The van der Waals surface area contributed by atoms with Gasteiger partial charge in [0.05, 0.1) is 24.6 Å². The summed E-state index contributed by atoms with van der Waals surface area (Å²) in [5.74, 6) is 0.122. The predicted molar refractivity (Wildman–Crippen MR) is 135 cm³/mol. The quantitative estimate of drug-likeness (QED) is 0.458. The van der Waals surface area contributed by atoms with Crippen LogP contribution in [0.5, 0.6) is 11.5 Å². The van der Waals surface area contributed by atoms with Gasteiger partial charge in [-0.25, -0.2) is 9.97 Å². The van der Waals surface area contributed by atoms with Crippen molar-refractivity contribution in [1.82, 2.24) is 15.0 Å². The Kier molecular flexibility index (Phi) is 7.61. The molecule has 35 heavy (non-hydrogen) atoms. The van der Waals surface area contributed by atoms with Gasteiger partial charge >= 0.3 is 0 Å². The Labute approximate surface area is 207 Å². The van der Waals surface area contributed by atoms with Gasteiger partial charge in [-0.2, -0.15) is 5.10 Å². The summed E-state index contributed by atoms with van der Waals surface area (Å²) >= 11 is 1.53. The molecule has 3 aromatic rings. The van der Waals surface area contributed by atoms with Gasteiger partial charge in [0.25, 0.3) is 5.91 Å². The van der Waals surface area contributed by atoms with E-state index >= 15 is 0 Å². The lowest BCUT2D eigenvalue weighted by molar-refractivity contribution is -0.110. The van der Waals surface area contributed by atoms with E-state index in [1.54, 1.807) is 35.3 Å². The minimum absolute atomic E-state index is 0.00652. The third-order valence-corrected chi connectivity index (χ3v) is 6.94. The normalized spacial score (nSPS) is 17.4. The Morgan fingerprint density at radius 3 is 2.57 bits per heavy atom. The van der Waals surface area contributed by atoms with E-state index in [1.807, 2.05) is 25.1 Å². The Morgan fingerprint density at radius 1 is 1.20 bits per heavy atom. The van der Waals surface area contributed by atoms with Crippen molar-refractivity contribution in [3.8, 4) is 11.5 Å². The topological polar surface area (TPSA) is 117 Å². The van der Waals surface area contributed by atoms with Gasteiger partial charge in [0.1, 0.15) is 5.37 Å². The predicted octanol–water partition coefficient (Wildman–Crippen LogP) is 3.70. The number of amides is 1. The minimum Gasteiger partial charge on any atom is -0.504 e. The van der Waals surface area contributed by atoms with Crippen LogP contribution in [0.2, 0.25) is 0 Å². The van der Waals surface area contributed by atoms with E-state index in [9.17, 15) is 14.7 Å². The number of phenols is 1. The number of aldehydes is 1. The molecule has 1 aromatic heterocycles. The molecular weight excluding hydrogens is 466 g/mol. The molecule has 10 heteroatoms. The number of rotatable bonds is 8. The highest BCUT2D eigenvalue weighted by Gasteiger charge is 2.31. The molecule has 0 saturated heterocycles. The summed E-state index contributed by atoms with van der Waals surface area (Å²) in [6.45, 7) is 2.44. The van der Waals surface area contributed by atoms with Gasteiger partial charge in [0.2, 0.25) is 5.82 Å². The van der Waals surface area contributed by atoms with Gasteiger partial charge in [0.15, 0.2) is 17.8 Å². The van der Waals surface area contributed by atoms with Crippen molar-refractivity contribution < 1.29 is 19.4 Å². The van der Waals surface area contributed by atoms with Crippen LogP contribution in [0, 0.1) is 0 Å². The summed E-state index contributed by atoms with van der Waals surface area (Å²) < 4.78 is 5.15. The number of carbonyl (C=O) groups is 2. The molecule has 0 saturated carbocycles. The van der Waals surface area contributed by atoms with Crippen molar-refractivity contribution in [2.45, 2.75) is 30.5 Å². The Bertz CT molecular complexity index is 1220. The van der Waals surface area contributed by atoms with Crippen LogP contribution in [-0.2, 0) is 11.3 Å². The van der Waals surface area contributed by atoms with Crippen LogP contribution in [-0.4, -0.2) is 55.7 Å². The van der Waals surface area contributed by atoms with Crippen molar-refractivity contribution in [2.24, 2.45) is 5.10 Å². The number of benzene rings is 2. The van der Waals surface area contributed by atoms with Crippen molar-refractivity contribution >= 4 is 35.4 Å². The molecule has 9 nitrogen and oxygen atoms in total. The summed E-state index contributed by atoms with van der Waals surface area (Å²) in [5, 5.41) is 19.1. The number of aromatic hydroxyl groups is 1. The number of anilines is 1. The number of thioether (sulfide) groups is 1. The number of phenolic OH excluding ortho intramolecular Hbond substituents is 1. The number of hydrogen-bond acceptors (Lipinski definition) is 9. The molecule has 1 aliphatic rings. The van der Waals surface area contributed by atoms with Gasteiger partial charge < -0.3 is 20.0 Å². The first-order valence-corrected chi connectivity index (χ1v) is 12.0. The van der Waals surface area contributed by atoms with Crippen LogP contribution >= 0.6 is 11.8 Å². The molecule has 0 bridgehead atoms. The number of hydrazone groups is 1. The number of nitrogens with one attached hydrogen (secondary N) is 1. The van der Waals surface area contributed by atoms with Gasteiger partial charge in [-0.1, -0.05) is 19.1 Å². The van der Waals surface area contributed by atoms with E-state index in [0.717, 1.165) is 29.5 Å². The summed E-state index contributed by atoms with van der Waals surface area (Å²) in [7, 11) is 1.50. The van der Waals surface area contributed by atoms with Crippen molar-refractivity contribution in [3.05, 3.63) is 77.9 Å². The Balaban J connectivity index is 1.53. The molecule has 2 N–H and O–H groups in total. The zero-order chi connectivity index (χ0) is 24.8. The molecule has 0 radical (unpaired) electrons. The van der Waals surface area contributed by atoms with E-state index in [0.29, 0.717) is 18.0 Å². The molecule has 1 amide bonds. The smallest absolute Gasteiger partial charge is 0.293 e. The highest BCUT2D eigenvalue weighted by molar-refractivity contribution is 8.01. The molecule has 180 valence electrons. The lowest BCUT2D eigenvalue weighted by atomic mass is 10.0. The van der Waals surface area contributed by atoms with Crippen LogP contribution in [0.25, 0.3) is 0 Å². The van der Waals surface area contributed by atoms with Gasteiger partial charge in [-0.05, 0) is 48.4 Å². The van der Waals surface area contributed by atoms with Crippen LogP contribution in [0.3, 0.4) is 0 Å². The fourth-order valence-corrected chi connectivity index (χ4v) is 4.82. The second-order valence-corrected chi connectivity index (χ2v) is 9.08. The van der Waals surface area contributed by atoms with Crippen LogP contribution < -0.4 is 10.1 Å². The molecule has 2 heterocycles. The monoisotopic (exact) mass is 491 g/mol. The fourth-order valence-electron chi connectivity index (χ4n) is 3.66.